The average molecular weight is 273 g/mol. The summed E-state index contributed by atoms with van der Waals surface area (Å²) in [6, 6.07) is 4.25. The molecule has 2 rings (SSSR count). The third kappa shape index (κ3) is 3.02. The highest BCUT2D eigenvalue weighted by Gasteiger charge is 2.29. The minimum atomic E-state index is -0.377. The van der Waals surface area contributed by atoms with Crippen LogP contribution in [0.15, 0.2) is 22.7 Å². The summed E-state index contributed by atoms with van der Waals surface area (Å²) in [6.07, 6.45) is 1.93. The van der Waals surface area contributed by atoms with Gasteiger partial charge in [-0.1, -0.05) is 15.9 Å². The summed E-state index contributed by atoms with van der Waals surface area (Å²) in [4.78, 5) is 11.3. The predicted octanol–water partition coefficient (Wildman–Crippen LogP) is 2.95. The van der Waals surface area contributed by atoms with Crippen molar-refractivity contribution in [3.63, 3.8) is 0 Å². The number of hydrogen-bond donors (Lipinski definition) is 0. The van der Waals surface area contributed by atoms with E-state index in [9.17, 15) is 9.18 Å². The molecule has 0 radical (unpaired) electrons. The molecule has 0 saturated heterocycles. The van der Waals surface area contributed by atoms with Gasteiger partial charge in [0, 0.05) is 16.5 Å². The van der Waals surface area contributed by atoms with Crippen molar-refractivity contribution in [1.82, 2.24) is 0 Å². The largest absolute Gasteiger partial charge is 0.486 e. The quantitative estimate of drug-likeness (QED) is 0.843. The molecular formula is C11H10BrFO2. The zero-order chi connectivity index (χ0) is 10.8. The Morgan fingerprint density at radius 1 is 1.47 bits per heavy atom. The molecule has 1 aliphatic carbocycles. The van der Waals surface area contributed by atoms with Crippen LogP contribution in [0.1, 0.15) is 12.8 Å². The highest BCUT2D eigenvalue weighted by molar-refractivity contribution is 9.10. The standard InChI is InChI=1S/C11H10BrFO2/c12-8-3-9(13)5-10(4-8)15-6-11(14)7-1-2-7/h3-5,7H,1-2,6H2. The predicted molar refractivity (Wildman–Crippen MR) is 57.3 cm³/mol. The maximum Gasteiger partial charge on any atom is 0.173 e. The zero-order valence-electron chi connectivity index (χ0n) is 8.00. The minimum absolute atomic E-state index is 0.0422. The summed E-state index contributed by atoms with van der Waals surface area (Å²) in [5, 5.41) is 0. The fourth-order valence-electron chi connectivity index (χ4n) is 1.29. The number of Topliss-reactive ketones (excluding diaryl/α,β-unsaturated/α-hetero) is 1. The molecule has 80 valence electrons. The van der Waals surface area contributed by atoms with E-state index in [0.29, 0.717) is 10.2 Å². The van der Waals surface area contributed by atoms with Crippen molar-refractivity contribution in [1.29, 1.82) is 0 Å². The van der Waals surface area contributed by atoms with Crippen LogP contribution < -0.4 is 4.74 Å². The van der Waals surface area contributed by atoms with Gasteiger partial charge in [0.05, 0.1) is 0 Å². The van der Waals surface area contributed by atoms with E-state index >= 15 is 0 Å². The van der Waals surface area contributed by atoms with E-state index < -0.39 is 0 Å². The van der Waals surface area contributed by atoms with Crippen molar-refractivity contribution in [2.75, 3.05) is 6.61 Å². The number of hydrogen-bond acceptors (Lipinski definition) is 2. The lowest BCUT2D eigenvalue weighted by atomic mass is 10.3. The number of rotatable bonds is 4. The normalized spacial score (nSPS) is 15.1. The highest BCUT2D eigenvalue weighted by atomic mass is 79.9. The molecule has 0 N–H and O–H groups in total. The van der Waals surface area contributed by atoms with Crippen molar-refractivity contribution in [3.8, 4) is 5.75 Å². The fourth-order valence-corrected chi connectivity index (χ4v) is 1.73. The lowest BCUT2D eigenvalue weighted by molar-refractivity contribution is -0.122. The molecule has 1 aliphatic rings. The second kappa shape index (κ2) is 4.31. The molecule has 0 aromatic heterocycles. The Balaban J connectivity index is 1.94. The lowest BCUT2D eigenvalue weighted by Crippen LogP contribution is -2.12. The Morgan fingerprint density at radius 2 is 2.20 bits per heavy atom. The Bertz CT molecular complexity index is 368. The zero-order valence-corrected chi connectivity index (χ0v) is 9.59. The van der Waals surface area contributed by atoms with Crippen LogP contribution >= 0.6 is 15.9 Å². The molecule has 1 saturated carbocycles. The van der Waals surface area contributed by atoms with E-state index in [4.69, 9.17) is 4.74 Å². The molecule has 4 heteroatoms. The van der Waals surface area contributed by atoms with Crippen LogP contribution in [0.4, 0.5) is 4.39 Å². The SMILES string of the molecule is O=C(COc1cc(F)cc(Br)c1)C1CC1. The molecule has 0 bridgehead atoms. The molecule has 0 amide bonds. The average Bonchev–Trinajstić information content (AvgIpc) is 2.95. The first-order chi connectivity index (χ1) is 7.15. The van der Waals surface area contributed by atoms with Crippen molar-refractivity contribution in [2.45, 2.75) is 12.8 Å². The third-order valence-corrected chi connectivity index (χ3v) is 2.71. The van der Waals surface area contributed by atoms with E-state index in [0.717, 1.165) is 12.8 Å². The maximum atomic E-state index is 12.9. The van der Waals surface area contributed by atoms with E-state index in [1.54, 1.807) is 6.07 Å². The lowest BCUT2D eigenvalue weighted by Gasteiger charge is -2.05. The smallest absolute Gasteiger partial charge is 0.173 e. The Hall–Kier alpha value is -0.900. The van der Waals surface area contributed by atoms with E-state index in [-0.39, 0.29) is 24.1 Å². The van der Waals surface area contributed by atoms with Crippen molar-refractivity contribution < 1.29 is 13.9 Å². The van der Waals surface area contributed by atoms with Gasteiger partial charge in [0.2, 0.25) is 0 Å². The molecule has 2 nitrogen and oxygen atoms in total. The molecule has 1 aromatic rings. The van der Waals surface area contributed by atoms with E-state index in [2.05, 4.69) is 15.9 Å². The van der Waals surface area contributed by atoms with Gasteiger partial charge in [-0.05, 0) is 25.0 Å². The summed E-state index contributed by atoms with van der Waals surface area (Å²) < 4.78 is 18.7. The number of halogens is 2. The molecule has 0 aliphatic heterocycles. The van der Waals surface area contributed by atoms with E-state index in [1.807, 2.05) is 0 Å². The number of benzene rings is 1. The first kappa shape index (κ1) is 10.6. The Morgan fingerprint density at radius 3 is 2.80 bits per heavy atom. The van der Waals surface area contributed by atoms with Crippen molar-refractivity contribution >= 4 is 21.7 Å². The van der Waals surface area contributed by atoms with Crippen LogP contribution in [0.25, 0.3) is 0 Å². The van der Waals surface area contributed by atoms with Gasteiger partial charge in [-0.2, -0.15) is 0 Å². The molecular weight excluding hydrogens is 263 g/mol. The number of carbonyl (C=O) groups is 1. The first-order valence-corrected chi connectivity index (χ1v) is 5.56. The summed E-state index contributed by atoms with van der Waals surface area (Å²) in [7, 11) is 0. The van der Waals surface area contributed by atoms with Gasteiger partial charge in [-0.3, -0.25) is 4.79 Å². The van der Waals surface area contributed by atoms with Gasteiger partial charge in [0.25, 0.3) is 0 Å². The molecule has 15 heavy (non-hydrogen) atoms. The third-order valence-electron chi connectivity index (χ3n) is 2.25. The topological polar surface area (TPSA) is 26.3 Å². The Kier molecular flexibility index (Phi) is 3.05. The summed E-state index contributed by atoms with van der Waals surface area (Å²) >= 11 is 3.16. The summed E-state index contributed by atoms with van der Waals surface area (Å²) in [5.41, 5.74) is 0. The van der Waals surface area contributed by atoms with Crippen LogP contribution in [0.5, 0.6) is 5.75 Å². The van der Waals surface area contributed by atoms with Gasteiger partial charge in [-0.15, -0.1) is 0 Å². The van der Waals surface area contributed by atoms with Gasteiger partial charge >= 0.3 is 0 Å². The number of ether oxygens (including phenoxy) is 1. The van der Waals surface area contributed by atoms with Crippen LogP contribution in [-0.2, 0) is 4.79 Å². The molecule has 0 atom stereocenters. The highest BCUT2D eigenvalue weighted by Crippen LogP contribution is 2.30. The molecule has 1 fully saturated rings. The maximum absolute atomic E-state index is 12.9. The van der Waals surface area contributed by atoms with Crippen LogP contribution in [-0.4, -0.2) is 12.4 Å². The molecule has 1 aromatic carbocycles. The Labute approximate surface area is 95.6 Å². The first-order valence-electron chi connectivity index (χ1n) is 4.77. The fraction of sp³-hybridized carbons (Fsp3) is 0.364. The second-order valence-electron chi connectivity index (χ2n) is 3.63. The van der Waals surface area contributed by atoms with Crippen LogP contribution in [0, 0.1) is 11.7 Å². The monoisotopic (exact) mass is 272 g/mol. The molecule has 0 unspecified atom stereocenters. The van der Waals surface area contributed by atoms with Crippen LogP contribution in [0.3, 0.4) is 0 Å². The van der Waals surface area contributed by atoms with Crippen molar-refractivity contribution in [3.05, 3.63) is 28.5 Å². The van der Waals surface area contributed by atoms with Crippen LogP contribution in [0.2, 0.25) is 0 Å². The summed E-state index contributed by atoms with van der Waals surface area (Å²) in [6.45, 7) is 0.0422. The van der Waals surface area contributed by atoms with Gasteiger partial charge in [0.1, 0.15) is 18.2 Å². The second-order valence-corrected chi connectivity index (χ2v) is 4.55. The minimum Gasteiger partial charge on any atom is -0.486 e. The van der Waals surface area contributed by atoms with Gasteiger partial charge in [-0.25, -0.2) is 4.39 Å². The van der Waals surface area contributed by atoms with Crippen molar-refractivity contribution in [2.24, 2.45) is 5.92 Å². The van der Waals surface area contributed by atoms with E-state index in [1.165, 1.54) is 12.1 Å². The summed E-state index contributed by atoms with van der Waals surface area (Å²) in [5.74, 6) is 0.298. The molecule has 0 heterocycles. The number of ketones is 1. The molecule has 0 spiro atoms. The van der Waals surface area contributed by atoms with Gasteiger partial charge in [0.15, 0.2) is 5.78 Å². The van der Waals surface area contributed by atoms with Gasteiger partial charge < -0.3 is 4.74 Å². The number of carbonyl (C=O) groups excluding carboxylic acids is 1.